The number of hydrogen-bond donors (Lipinski definition) is 2. The molecule has 1 aromatic carbocycles. The van der Waals surface area contributed by atoms with E-state index >= 15 is 0 Å². The summed E-state index contributed by atoms with van der Waals surface area (Å²) in [6.45, 7) is 2.86. The predicted molar refractivity (Wildman–Crippen MR) is 79.9 cm³/mol. The van der Waals surface area contributed by atoms with Gasteiger partial charge in [0.05, 0.1) is 0 Å². The van der Waals surface area contributed by atoms with Gasteiger partial charge in [-0.3, -0.25) is 14.4 Å². The Kier molecular flexibility index (Phi) is 4.57. The molecular formula is C15H19N3O3. The first-order chi connectivity index (χ1) is 9.95. The minimum Gasteiger partial charge on any atom is -0.352 e. The molecule has 0 atom stereocenters. The zero-order chi connectivity index (χ0) is 15.4. The highest BCUT2D eigenvalue weighted by Gasteiger charge is 2.25. The summed E-state index contributed by atoms with van der Waals surface area (Å²) < 4.78 is 0. The molecule has 2 rings (SSSR count). The molecule has 1 aliphatic rings. The van der Waals surface area contributed by atoms with Gasteiger partial charge in [-0.1, -0.05) is 0 Å². The number of benzene rings is 1. The Morgan fingerprint density at radius 1 is 1.14 bits per heavy atom. The lowest BCUT2D eigenvalue weighted by Gasteiger charge is -2.21. The van der Waals surface area contributed by atoms with E-state index in [1.54, 1.807) is 24.3 Å². The second-order valence-electron chi connectivity index (χ2n) is 5.18. The van der Waals surface area contributed by atoms with E-state index in [0.717, 1.165) is 12.8 Å². The Labute approximate surface area is 123 Å². The molecule has 2 N–H and O–H groups in total. The average molecular weight is 289 g/mol. The molecule has 1 saturated carbocycles. The minimum absolute atomic E-state index is 0.00527. The lowest BCUT2D eigenvalue weighted by atomic mass is 10.2. The molecule has 0 saturated heterocycles. The third-order valence-electron chi connectivity index (χ3n) is 3.12. The first-order valence-electron chi connectivity index (χ1n) is 6.91. The Bertz CT molecular complexity index is 550. The molecule has 0 aliphatic heterocycles. The molecule has 1 fully saturated rings. The summed E-state index contributed by atoms with van der Waals surface area (Å²) in [5.74, 6) is -0.512. The zero-order valence-electron chi connectivity index (χ0n) is 12.2. The highest BCUT2D eigenvalue weighted by Crippen LogP contribution is 2.20. The fourth-order valence-electron chi connectivity index (χ4n) is 1.96. The Balaban J connectivity index is 2.04. The average Bonchev–Trinajstić information content (AvgIpc) is 3.20. The second-order valence-corrected chi connectivity index (χ2v) is 5.18. The molecule has 6 nitrogen and oxygen atoms in total. The van der Waals surface area contributed by atoms with E-state index in [4.69, 9.17) is 0 Å². The van der Waals surface area contributed by atoms with Gasteiger partial charge in [0.25, 0.3) is 0 Å². The summed E-state index contributed by atoms with van der Waals surface area (Å²) in [5, 5.41) is 5.51. The van der Waals surface area contributed by atoms with Crippen LogP contribution in [0.1, 0.15) is 26.7 Å². The van der Waals surface area contributed by atoms with Gasteiger partial charge in [-0.25, -0.2) is 0 Å². The van der Waals surface area contributed by atoms with E-state index in [2.05, 4.69) is 10.6 Å². The molecule has 112 valence electrons. The first kappa shape index (κ1) is 15.0. The summed E-state index contributed by atoms with van der Waals surface area (Å²) in [7, 11) is 0. The summed E-state index contributed by atoms with van der Waals surface area (Å²) in [6.07, 6.45) is 2.02. The summed E-state index contributed by atoms with van der Waals surface area (Å²) >= 11 is 0. The molecule has 0 aromatic heterocycles. The van der Waals surface area contributed by atoms with Gasteiger partial charge in [0.1, 0.15) is 6.54 Å². The van der Waals surface area contributed by atoms with Crippen LogP contribution in [0.2, 0.25) is 0 Å². The maximum Gasteiger partial charge on any atom is 0.240 e. The van der Waals surface area contributed by atoms with E-state index in [1.807, 2.05) is 0 Å². The van der Waals surface area contributed by atoms with Gasteiger partial charge in [-0.15, -0.1) is 0 Å². The number of rotatable bonds is 5. The van der Waals surface area contributed by atoms with E-state index in [1.165, 1.54) is 18.7 Å². The molecule has 0 heterocycles. The molecule has 0 unspecified atom stereocenters. The first-order valence-corrected chi connectivity index (χ1v) is 6.91. The van der Waals surface area contributed by atoms with E-state index < -0.39 is 0 Å². The van der Waals surface area contributed by atoms with Crippen LogP contribution >= 0.6 is 0 Å². The van der Waals surface area contributed by atoms with Crippen molar-refractivity contribution in [2.24, 2.45) is 0 Å². The van der Waals surface area contributed by atoms with Crippen LogP contribution in [0.5, 0.6) is 0 Å². The minimum atomic E-state index is -0.201. The third kappa shape index (κ3) is 4.59. The van der Waals surface area contributed by atoms with Gasteiger partial charge in [-0.05, 0) is 37.1 Å². The van der Waals surface area contributed by atoms with E-state index in [0.29, 0.717) is 11.4 Å². The Hall–Kier alpha value is -2.37. The Morgan fingerprint density at radius 3 is 2.24 bits per heavy atom. The topological polar surface area (TPSA) is 78.5 Å². The van der Waals surface area contributed by atoms with Crippen LogP contribution in [0.15, 0.2) is 24.3 Å². The van der Waals surface area contributed by atoms with Crippen molar-refractivity contribution in [3.05, 3.63) is 24.3 Å². The molecule has 0 radical (unpaired) electrons. The van der Waals surface area contributed by atoms with Crippen molar-refractivity contribution in [3.8, 4) is 0 Å². The highest BCUT2D eigenvalue weighted by atomic mass is 16.2. The largest absolute Gasteiger partial charge is 0.352 e. The molecule has 6 heteroatoms. The van der Waals surface area contributed by atoms with Crippen LogP contribution in [0.25, 0.3) is 0 Å². The Morgan fingerprint density at radius 2 is 1.76 bits per heavy atom. The molecular weight excluding hydrogens is 270 g/mol. The van der Waals surface area contributed by atoms with E-state index in [9.17, 15) is 14.4 Å². The number of carbonyl (C=O) groups is 3. The molecule has 1 aliphatic carbocycles. The lowest BCUT2D eigenvalue weighted by Crippen LogP contribution is -2.40. The van der Waals surface area contributed by atoms with Gasteiger partial charge in [0.15, 0.2) is 0 Å². The number of carbonyl (C=O) groups excluding carboxylic acids is 3. The fraction of sp³-hybridized carbons (Fsp3) is 0.400. The molecule has 1 aromatic rings. The summed E-state index contributed by atoms with van der Waals surface area (Å²) in [6, 6.07) is 7.08. The van der Waals surface area contributed by atoms with Crippen LogP contribution in [0.4, 0.5) is 11.4 Å². The van der Waals surface area contributed by atoms with Crippen molar-refractivity contribution < 1.29 is 14.4 Å². The van der Waals surface area contributed by atoms with Gasteiger partial charge < -0.3 is 15.5 Å². The van der Waals surface area contributed by atoms with Crippen molar-refractivity contribution in [1.29, 1.82) is 0 Å². The van der Waals surface area contributed by atoms with Gasteiger partial charge in [0.2, 0.25) is 17.7 Å². The SMILES string of the molecule is CC(=O)Nc1ccc(N(CC(=O)NC2CC2)C(C)=O)cc1. The number of anilines is 2. The molecule has 3 amide bonds. The number of amides is 3. The molecule has 0 spiro atoms. The van der Waals surface area contributed by atoms with Crippen LogP contribution in [0, 0.1) is 0 Å². The lowest BCUT2D eigenvalue weighted by molar-refractivity contribution is -0.123. The monoisotopic (exact) mass is 289 g/mol. The molecule has 0 bridgehead atoms. The smallest absolute Gasteiger partial charge is 0.240 e. The fourth-order valence-corrected chi connectivity index (χ4v) is 1.96. The van der Waals surface area contributed by atoms with Crippen LogP contribution < -0.4 is 15.5 Å². The van der Waals surface area contributed by atoms with E-state index in [-0.39, 0.29) is 30.3 Å². The quantitative estimate of drug-likeness (QED) is 0.857. The van der Waals surface area contributed by atoms with Crippen molar-refractivity contribution in [1.82, 2.24) is 5.32 Å². The van der Waals surface area contributed by atoms with Crippen molar-refractivity contribution >= 4 is 29.1 Å². The third-order valence-corrected chi connectivity index (χ3v) is 3.12. The molecule has 21 heavy (non-hydrogen) atoms. The number of hydrogen-bond acceptors (Lipinski definition) is 3. The maximum atomic E-state index is 11.8. The van der Waals surface area contributed by atoms with Crippen LogP contribution in [-0.4, -0.2) is 30.3 Å². The standard InChI is InChI=1S/C15H19N3O3/c1-10(19)16-12-5-7-14(8-6-12)18(11(2)20)9-15(21)17-13-3-4-13/h5-8,13H,3-4,9H2,1-2H3,(H,16,19)(H,17,21). The maximum absolute atomic E-state index is 11.8. The van der Waals surface area contributed by atoms with Gasteiger partial charge >= 0.3 is 0 Å². The van der Waals surface area contributed by atoms with Crippen molar-refractivity contribution in [3.63, 3.8) is 0 Å². The normalized spacial score (nSPS) is 13.4. The predicted octanol–water partition coefficient (Wildman–Crippen LogP) is 1.28. The van der Waals surface area contributed by atoms with Crippen LogP contribution in [0.3, 0.4) is 0 Å². The number of nitrogens with one attached hydrogen (secondary N) is 2. The van der Waals surface area contributed by atoms with Crippen LogP contribution in [-0.2, 0) is 14.4 Å². The van der Waals surface area contributed by atoms with Gasteiger partial charge in [0, 0.05) is 31.3 Å². The number of nitrogens with zero attached hydrogens (tertiary/aromatic N) is 1. The second kappa shape index (κ2) is 6.39. The summed E-state index contributed by atoms with van der Waals surface area (Å²) in [4.78, 5) is 35.9. The van der Waals surface area contributed by atoms with Crippen molar-refractivity contribution in [2.45, 2.75) is 32.7 Å². The zero-order valence-corrected chi connectivity index (χ0v) is 12.2. The highest BCUT2D eigenvalue weighted by molar-refractivity contribution is 5.98. The summed E-state index contributed by atoms with van der Waals surface area (Å²) in [5.41, 5.74) is 1.28. The van der Waals surface area contributed by atoms with Gasteiger partial charge in [-0.2, -0.15) is 0 Å². The van der Waals surface area contributed by atoms with Crippen molar-refractivity contribution in [2.75, 3.05) is 16.8 Å².